The third kappa shape index (κ3) is 6.40. The Morgan fingerprint density at radius 1 is 1.06 bits per heavy atom. The molecule has 0 aliphatic carbocycles. The van der Waals surface area contributed by atoms with E-state index in [1.165, 1.54) is 28.4 Å². The van der Waals surface area contributed by atoms with E-state index in [0.29, 0.717) is 23.2 Å². The number of hydrogen-bond donors (Lipinski definition) is 0. The molecule has 0 bridgehead atoms. The summed E-state index contributed by atoms with van der Waals surface area (Å²) in [6, 6.07) is 13.4. The number of carbonyl (C=O) groups excluding carboxylic acids is 1. The molecule has 0 saturated heterocycles. The number of likely N-dealkylation sites (N-methyl/N-ethyl adjacent to an activating group) is 1. The molecular weight excluding hydrogens is 477 g/mol. The number of rotatable bonds is 9. The van der Waals surface area contributed by atoms with Crippen LogP contribution >= 0.6 is 35.3 Å². The molecule has 0 N–H and O–H groups in total. The van der Waals surface area contributed by atoms with Crippen LogP contribution in [-0.2, 0) is 14.6 Å². The molecule has 168 valence electrons. The third-order valence-electron chi connectivity index (χ3n) is 4.82. The SMILES string of the molecule is CCN(CC)CCN(C(=O)CS(=O)(=O)c1ccccc1)c1nc2ccc(Cl)cc2s1.Cl. The molecule has 6 nitrogen and oxygen atoms in total. The summed E-state index contributed by atoms with van der Waals surface area (Å²) in [5.41, 5.74) is 0.728. The maximum absolute atomic E-state index is 13.1. The zero-order valence-corrected chi connectivity index (χ0v) is 20.5. The van der Waals surface area contributed by atoms with Crippen molar-refractivity contribution in [2.24, 2.45) is 0 Å². The Bertz CT molecular complexity index is 1120. The Labute approximate surface area is 198 Å². The van der Waals surface area contributed by atoms with Crippen molar-refractivity contribution in [1.29, 1.82) is 0 Å². The van der Waals surface area contributed by atoms with Crippen molar-refractivity contribution in [1.82, 2.24) is 9.88 Å². The molecule has 10 heteroatoms. The van der Waals surface area contributed by atoms with Crippen LogP contribution in [0.3, 0.4) is 0 Å². The van der Waals surface area contributed by atoms with Crippen LogP contribution < -0.4 is 4.90 Å². The Balaban J connectivity index is 0.00000341. The third-order valence-corrected chi connectivity index (χ3v) is 7.71. The molecule has 0 aliphatic rings. The zero-order chi connectivity index (χ0) is 21.7. The second kappa shape index (κ2) is 11.2. The summed E-state index contributed by atoms with van der Waals surface area (Å²) in [6.07, 6.45) is 0. The molecule has 2 aromatic carbocycles. The van der Waals surface area contributed by atoms with Crippen LogP contribution in [0.4, 0.5) is 5.13 Å². The zero-order valence-electron chi connectivity index (χ0n) is 17.3. The van der Waals surface area contributed by atoms with Crippen LogP contribution in [-0.4, -0.2) is 56.1 Å². The summed E-state index contributed by atoms with van der Waals surface area (Å²) in [4.78, 5) is 21.5. The maximum Gasteiger partial charge on any atom is 0.244 e. The Morgan fingerprint density at radius 2 is 1.74 bits per heavy atom. The quantitative estimate of drug-likeness (QED) is 0.430. The largest absolute Gasteiger partial charge is 0.302 e. The first-order valence-electron chi connectivity index (χ1n) is 9.70. The number of fused-ring (bicyclic) bond motifs is 1. The van der Waals surface area contributed by atoms with Crippen molar-refractivity contribution >= 4 is 66.4 Å². The maximum atomic E-state index is 13.1. The lowest BCUT2D eigenvalue weighted by Gasteiger charge is -2.24. The van der Waals surface area contributed by atoms with E-state index in [-0.39, 0.29) is 17.3 Å². The highest BCUT2D eigenvalue weighted by atomic mass is 35.5. The van der Waals surface area contributed by atoms with Gasteiger partial charge in [-0.3, -0.25) is 9.69 Å². The summed E-state index contributed by atoms with van der Waals surface area (Å²) < 4.78 is 26.4. The predicted octanol–water partition coefficient (Wildman–Crippen LogP) is 4.52. The molecule has 0 fully saturated rings. The molecule has 0 saturated carbocycles. The molecule has 0 atom stereocenters. The Hall–Kier alpha value is -1.71. The molecule has 1 aromatic heterocycles. The fourth-order valence-electron chi connectivity index (χ4n) is 3.06. The summed E-state index contributed by atoms with van der Waals surface area (Å²) in [7, 11) is -3.75. The van der Waals surface area contributed by atoms with Crippen LogP contribution in [0.15, 0.2) is 53.4 Å². The predicted molar refractivity (Wildman–Crippen MR) is 131 cm³/mol. The van der Waals surface area contributed by atoms with E-state index in [2.05, 4.69) is 23.7 Å². The number of carbonyl (C=O) groups is 1. The van der Waals surface area contributed by atoms with Crippen LogP contribution in [0.2, 0.25) is 5.02 Å². The second-order valence-electron chi connectivity index (χ2n) is 6.75. The van der Waals surface area contributed by atoms with Gasteiger partial charge in [0, 0.05) is 18.1 Å². The molecule has 31 heavy (non-hydrogen) atoms. The average Bonchev–Trinajstić information content (AvgIpc) is 3.14. The van der Waals surface area contributed by atoms with Crippen molar-refractivity contribution in [2.45, 2.75) is 18.7 Å². The van der Waals surface area contributed by atoms with Crippen LogP contribution in [0, 0.1) is 0 Å². The minimum absolute atomic E-state index is 0. The number of anilines is 1. The van der Waals surface area contributed by atoms with E-state index >= 15 is 0 Å². The van der Waals surface area contributed by atoms with Gasteiger partial charge in [0.25, 0.3) is 0 Å². The lowest BCUT2D eigenvalue weighted by atomic mass is 10.3. The molecule has 0 radical (unpaired) electrons. The van der Waals surface area contributed by atoms with E-state index in [0.717, 1.165) is 23.3 Å². The van der Waals surface area contributed by atoms with Gasteiger partial charge in [-0.15, -0.1) is 12.4 Å². The van der Waals surface area contributed by atoms with Crippen LogP contribution in [0.25, 0.3) is 10.2 Å². The molecule has 3 rings (SSSR count). The standard InChI is InChI=1S/C21H24ClN3O3S2.ClH/c1-3-24(4-2)12-13-25(21-23-18-11-10-16(22)14-19(18)29-21)20(26)15-30(27,28)17-8-6-5-7-9-17;/h5-11,14H,3-4,12-13,15H2,1-2H3;1H. The molecule has 0 aliphatic heterocycles. The minimum atomic E-state index is -3.75. The van der Waals surface area contributed by atoms with Crippen LogP contribution in [0.1, 0.15) is 13.8 Å². The van der Waals surface area contributed by atoms with E-state index in [4.69, 9.17) is 11.6 Å². The monoisotopic (exact) mass is 501 g/mol. The number of amides is 1. The summed E-state index contributed by atoms with van der Waals surface area (Å²) in [6.45, 7) is 6.77. The fourth-order valence-corrected chi connectivity index (χ4v) is 5.57. The van der Waals surface area contributed by atoms with Gasteiger partial charge in [0.15, 0.2) is 15.0 Å². The number of halogens is 2. The first kappa shape index (κ1) is 25.5. The first-order chi connectivity index (χ1) is 14.3. The minimum Gasteiger partial charge on any atom is -0.302 e. The fraction of sp³-hybridized carbons (Fsp3) is 0.333. The number of nitrogens with zero attached hydrogens (tertiary/aromatic N) is 3. The molecule has 0 unspecified atom stereocenters. The summed E-state index contributed by atoms with van der Waals surface area (Å²) in [5.74, 6) is -1.09. The van der Waals surface area contributed by atoms with Crippen molar-refractivity contribution in [3.8, 4) is 0 Å². The molecule has 0 spiro atoms. The number of benzene rings is 2. The van der Waals surface area contributed by atoms with Gasteiger partial charge in [0.1, 0.15) is 5.75 Å². The highest BCUT2D eigenvalue weighted by Crippen LogP contribution is 2.31. The normalized spacial score (nSPS) is 11.5. The molecule has 1 heterocycles. The molecule has 1 amide bonds. The number of sulfone groups is 1. The van der Waals surface area contributed by atoms with E-state index in [1.54, 1.807) is 36.4 Å². The van der Waals surface area contributed by atoms with Gasteiger partial charge in [-0.05, 0) is 43.4 Å². The van der Waals surface area contributed by atoms with Gasteiger partial charge in [-0.1, -0.05) is 55.0 Å². The van der Waals surface area contributed by atoms with Crippen molar-refractivity contribution in [3.05, 3.63) is 53.6 Å². The van der Waals surface area contributed by atoms with Gasteiger partial charge >= 0.3 is 0 Å². The van der Waals surface area contributed by atoms with E-state index < -0.39 is 21.5 Å². The number of aromatic nitrogens is 1. The van der Waals surface area contributed by atoms with Crippen LogP contribution in [0.5, 0.6) is 0 Å². The topological polar surface area (TPSA) is 70.6 Å². The number of hydrogen-bond acceptors (Lipinski definition) is 6. The van der Waals surface area contributed by atoms with Crippen molar-refractivity contribution in [3.63, 3.8) is 0 Å². The Morgan fingerprint density at radius 3 is 2.39 bits per heavy atom. The van der Waals surface area contributed by atoms with Gasteiger partial charge in [0.2, 0.25) is 5.91 Å². The van der Waals surface area contributed by atoms with Crippen molar-refractivity contribution in [2.75, 3.05) is 36.8 Å². The average molecular weight is 502 g/mol. The van der Waals surface area contributed by atoms with E-state index in [1.807, 2.05) is 0 Å². The second-order valence-corrected chi connectivity index (χ2v) is 10.2. The molecular formula is C21H25Cl2N3O3S2. The van der Waals surface area contributed by atoms with Gasteiger partial charge in [-0.25, -0.2) is 13.4 Å². The van der Waals surface area contributed by atoms with Gasteiger partial charge in [-0.2, -0.15) is 0 Å². The highest BCUT2D eigenvalue weighted by molar-refractivity contribution is 7.92. The first-order valence-corrected chi connectivity index (χ1v) is 12.6. The van der Waals surface area contributed by atoms with E-state index in [9.17, 15) is 13.2 Å². The summed E-state index contributed by atoms with van der Waals surface area (Å²) in [5, 5.41) is 1.07. The molecule has 3 aromatic rings. The number of thiazole rings is 1. The Kier molecular flexibility index (Phi) is 9.27. The van der Waals surface area contributed by atoms with Gasteiger partial charge < -0.3 is 4.90 Å². The smallest absolute Gasteiger partial charge is 0.244 e. The van der Waals surface area contributed by atoms with Crippen molar-refractivity contribution < 1.29 is 13.2 Å². The lowest BCUT2D eigenvalue weighted by Crippen LogP contribution is -2.41. The lowest BCUT2D eigenvalue weighted by molar-refractivity contribution is -0.116. The van der Waals surface area contributed by atoms with Gasteiger partial charge in [0.05, 0.1) is 15.1 Å². The highest BCUT2D eigenvalue weighted by Gasteiger charge is 2.26. The summed E-state index contributed by atoms with van der Waals surface area (Å²) >= 11 is 7.41.